The van der Waals surface area contributed by atoms with Crippen LogP contribution in [0.4, 0.5) is 0 Å². The maximum atomic E-state index is 11.6. The second kappa shape index (κ2) is 3.17. The Balaban J connectivity index is 1.92. The normalized spacial score (nSPS) is 48.1. The molecule has 0 unspecified atom stereocenters. The van der Waals surface area contributed by atoms with Gasteiger partial charge in [-0.05, 0) is 27.2 Å². The SMILES string of the molecule is CC(=O)[C@H]1C[C@H]2C=C[C@@H]1[C@H]1OC(C)(C)O[C@H]12. The largest absolute Gasteiger partial charge is 0.344 e. The molecule has 4 aliphatic rings. The topological polar surface area (TPSA) is 35.5 Å². The lowest BCUT2D eigenvalue weighted by Gasteiger charge is -2.43. The zero-order valence-electron chi connectivity index (χ0n) is 9.97. The second-order valence-electron chi connectivity index (χ2n) is 5.64. The molecule has 0 radical (unpaired) electrons. The lowest BCUT2D eigenvalue weighted by atomic mass is 9.65. The number of Topliss-reactive ketones (excluding diaryl/α,β-unsaturated/α-hetero) is 1. The summed E-state index contributed by atoms with van der Waals surface area (Å²) in [6.07, 6.45) is 5.52. The molecule has 2 bridgehead atoms. The molecule has 0 aromatic carbocycles. The Hall–Kier alpha value is -0.670. The Morgan fingerprint density at radius 1 is 1.25 bits per heavy atom. The summed E-state index contributed by atoms with van der Waals surface area (Å²) in [6, 6.07) is 0. The van der Waals surface area contributed by atoms with Gasteiger partial charge in [-0.2, -0.15) is 0 Å². The van der Waals surface area contributed by atoms with E-state index in [2.05, 4.69) is 12.2 Å². The first-order valence-corrected chi connectivity index (χ1v) is 6.02. The molecular weight excluding hydrogens is 204 g/mol. The molecule has 0 spiro atoms. The van der Waals surface area contributed by atoms with E-state index in [0.29, 0.717) is 5.92 Å². The van der Waals surface area contributed by atoms with Crippen molar-refractivity contribution in [2.24, 2.45) is 17.8 Å². The van der Waals surface area contributed by atoms with Crippen molar-refractivity contribution in [1.29, 1.82) is 0 Å². The lowest BCUT2D eigenvalue weighted by molar-refractivity contribution is -0.149. The van der Waals surface area contributed by atoms with Crippen LogP contribution in [0.3, 0.4) is 0 Å². The van der Waals surface area contributed by atoms with E-state index in [1.54, 1.807) is 6.92 Å². The van der Waals surface area contributed by atoms with Gasteiger partial charge in [-0.3, -0.25) is 4.79 Å². The molecule has 3 heteroatoms. The van der Waals surface area contributed by atoms with Crippen LogP contribution >= 0.6 is 0 Å². The summed E-state index contributed by atoms with van der Waals surface area (Å²) in [6.45, 7) is 5.59. The van der Waals surface area contributed by atoms with Gasteiger partial charge in [0.2, 0.25) is 0 Å². The minimum atomic E-state index is -0.496. The number of ketones is 1. The van der Waals surface area contributed by atoms with Gasteiger partial charge in [0.05, 0.1) is 12.2 Å². The minimum Gasteiger partial charge on any atom is -0.344 e. The smallest absolute Gasteiger partial charge is 0.163 e. The molecular formula is C13H18O3. The highest BCUT2D eigenvalue weighted by atomic mass is 16.8. The van der Waals surface area contributed by atoms with E-state index < -0.39 is 5.79 Å². The van der Waals surface area contributed by atoms with Crippen LogP contribution in [-0.2, 0) is 14.3 Å². The van der Waals surface area contributed by atoms with Gasteiger partial charge >= 0.3 is 0 Å². The van der Waals surface area contributed by atoms with Crippen LogP contribution in [0.5, 0.6) is 0 Å². The fourth-order valence-electron chi connectivity index (χ4n) is 3.40. The van der Waals surface area contributed by atoms with Gasteiger partial charge < -0.3 is 9.47 Å². The zero-order chi connectivity index (χ0) is 11.5. The van der Waals surface area contributed by atoms with Gasteiger partial charge in [0.15, 0.2) is 5.79 Å². The Labute approximate surface area is 95.8 Å². The maximum absolute atomic E-state index is 11.6. The number of fused-ring (bicyclic) bond motifs is 1. The molecule has 0 aromatic heterocycles. The fourth-order valence-corrected chi connectivity index (χ4v) is 3.40. The van der Waals surface area contributed by atoms with Crippen molar-refractivity contribution < 1.29 is 14.3 Å². The molecule has 1 heterocycles. The van der Waals surface area contributed by atoms with Crippen molar-refractivity contribution in [3.63, 3.8) is 0 Å². The fraction of sp³-hybridized carbons (Fsp3) is 0.769. The predicted octanol–water partition coefficient (Wildman–Crippen LogP) is 1.92. The van der Waals surface area contributed by atoms with Crippen molar-refractivity contribution in [2.45, 2.75) is 45.2 Å². The first-order valence-electron chi connectivity index (χ1n) is 6.02. The summed E-state index contributed by atoms with van der Waals surface area (Å²) in [5.41, 5.74) is 0. The predicted molar refractivity (Wildman–Crippen MR) is 58.7 cm³/mol. The highest BCUT2D eigenvalue weighted by molar-refractivity contribution is 5.79. The Morgan fingerprint density at radius 3 is 2.62 bits per heavy atom. The summed E-state index contributed by atoms with van der Waals surface area (Å²) in [7, 11) is 0. The van der Waals surface area contributed by atoms with Gasteiger partial charge in [0.25, 0.3) is 0 Å². The molecule has 0 N–H and O–H groups in total. The third-order valence-electron chi connectivity index (χ3n) is 4.06. The number of ether oxygens (including phenoxy) is 2. The highest BCUT2D eigenvalue weighted by Crippen LogP contribution is 2.49. The standard InChI is InChI=1S/C13H18O3/c1-7(14)10-6-8-4-5-9(10)12-11(8)15-13(2,3)16-12/h4-5,8-12H,6H2,1-3H3/t8-,9+,10-,11+,12-/m1/s1. The summed E-state index contributed by atoms with van der Waals surface area (Å²) >= 11 is 0. The van der Waals surface area contributed by atoms with Crippen LogP contribution in [0.1, 0.15) is 27.2 Å². The molecule has 3 nitrogen and oxygen atoms in total. The third-order valence-corrected chi connectivity index (χ3v) is 4.06. The number of carbonyl (C=O) groups excluding carboxylic acids is 1. The zero-order valence-corrected chi connectivity index (χ0v) is 9.97. The van der Waals surface area contributed by atoms with E-state index in [4.69, 9.17) is 9.47 Å². The highest BCUT2D eigenvalue weighted by Gasteiger charge is 2.55. The summed E-state index contributed by atoms with van der Waals surface area (Å²) in [4.78, 5) is 11.6. The molecule has 16 heavy (non-hydrogen) atoms. The van der Waals surface area contributed by atoms with E-state index in [0.717, 1.165) is 6.42 Å². The van der Waals surface area contributed by atoms with Gasteiger partial charge in [0.1, 0.15) is 5.78 Å². The number of hydrogen-bond donors (Lipinski definition) is 0. The van der Waals surface area contributed by atoms with Crippen LogP contribution in [0.25, 0.3) is 0 Å². The first kappa shape index (κ1) is 10.5. The molecule has 1 saturated carbocycles. The van der Waals surface area contributed by atoms with Crippen molar-refractivity contribution >= 4 is 5.78 Å². The van der Waals surface area contributed by atoms with Crippen molar-refractivity contribution in [2.75, 3.05) is 0 Å². The average Bonchev–Trinajstić information content (AvgIpc) is 2.54. The first-order chi connectivity index (χ1) is 7.48. The van der Waals surface area contributed by atoms with Crippen molar-refractivity contribution in [3.05, 3.63) is 12.2 Å². The average molecular weight is 222 g/mol. The molecule has 88 valence electrons. The van der Waals surface area contributed by atoms with E-state index in [1.807, 2.05) is 13.8 Å². The maximum Gasteiger partial charge on any atom is 0.163 e. The number of hydrogen-bond acceptors (Lipinski definition) is 3. The molecule has 1 saturated heterocycles. The quantitative estimate of drug-likeness (QED) is 0.636. The van der Waals surface area contributed by atoms with E-state index in [-0.39, 0.29) is 29.8 Å². The minimum absolute atomic E-state index is 0.0765. The Morgan fingerprint density at radius 2 is 1.94 bits per heavy atom. The summed E-state index contributed by atoms with van der Waals surface area (Å²) in [5.74, 6) is 0.489. The van der Waals surface area contributed by atoms with Crippen LogP contribution in [0.15, 0.2) is 12.2 Å². The van der Waals surface area contributed by atoms with Gasteiger partial charge in [-0.15, -0.1) is 0 Å². The third kappa shape index (κ3) is 1.38. The second-order valence-corrected chi connectivity index (χ2v) is 5.64. The molecule has 5 atom stereocenters. The molecule has 1 aliphatic heterocycles. The lowest BCUT2D eigenvalue weighted by Crippen LogP contribution is -2.49. The number of rotatable bonds is 1. The van der Waals surface area contributed by atoms with Crippen LogP contribution in [0.2, 0.25) is 0 Å². The van der Waals surface area contributed by atoms with E-state index in [9.17, 15) is 4.79 Å². The Kier molecular flexibility index (Phi) is 2.08. The van der Waals surface area contributed by atoms with E-state index in [1.165, 1.54) is 0 Å². The molecule has 0 aromatic rings. The van der Waals surface area contributed by atoms with Crippen LogP contribution in [-0.4, -0.2) is 23.8 Å². The van der Waals surface area contributed by atoms with Crippen molar-refractivity contribution in [3.8, 4) is 0 Å². The number of carbonyl (C=O) groups is 1. The molecule has 4 rings (SSSR count). The molecule has 2 fully saturated rings. The molecule has 3 aliphatic carbocycles. The summed E-state index contributed by atoms with van der Waals surface area (Å²) in [5, 5.41) is 0. The van der Waals surface area contributed by atoms with E-state index >= 15 is 0 Å². The summed E-state index contributed by atoms with van der Waals surface area (Å²) < 4.78 is 11.9. The van der Waals surface area contributed by atoms with Crippen molar-refractivity contribution in [1.82, 2.24) is 0 Å². The van der Waals surface area contributed by atoms with Gasteiger partial charge in [-0.25, -0.2) is 0 Å². The monoisotopic (exact) mass is 222 g/mol. The van der Waals surface area contributed by atoms with Crippen LogP contribution in [0, 0.1) is 17.8 Å². The Bertz CT molecular complexity index is 358. The van der Waals surface area contributed by atoms with Crippen LogP contribution < -0.4 is 0 Å². The molecule has 0 amide bonds. The van der Waals surface area contributed by atoms with Gasteiger partial charge in [0, 0.05) is 17.8 Å². The van der Waals surface area contributed by atoms with Gasteiger partial charge in [-0.1, -0.05) is 12.2 Å².